The molecule has 0 atom stereocenters. The number of hydrogen-bond donors (Lipinski definition) is 2. The van der Waals surface area contributed by atoms with Crippen LogP contribution in [0.4, 0.5) is 17.5 Å². The molecule has 5 nitrogen and oxygen atoms in total. The monoisotopic (exact) mass is 342 g/mol. The van der Waals surface area contributed by atoms with E-state index in [4.69, 9.17) is 16.3 Å². The van der Waals surface area contributed by atoms with Crippen molar-refractivity contribution in [2.24, 2.45) is 0 Å². The van der Waals surface area contributed by atoms with Crippen LogP contribution < -0.4 is 15.4 Å². The lowest BCUT2D eigenvalue weighted by Crippen LogP contribution is -2.12. The molecule has 0 aliphatic carbocycles. The summed E-state index contributed by atoms with van der Waals surface area (Å²) in [6.07, 6.45) is 0. The summed E-state index contributed by atoms with van der Waals surface area (Å²) in [5.41, 5.74) is 1.58. The van der Waals surface area contributed by atoms with E-state index in [2.05, 4.69) is 34.4 Å². The fraction of sp³-hybridized carbons (Fsp3) is 0.222. The number of halogens is 1. The van der Waals surface area contributed by atoms with E-state index in [1.54, 1.807) is 25.3 Å². The number of nitrogens with zero attached hydrogens (tertiary/aromatic N) is 2. The van der Waals surface area contributed by atoms with Gasteiger partial charge in [-0.2, -0.15) is 4.98 Å². The fourth-order valence-corrected chi connectivity index (χ4v) is 2.59. The van der Waals surface area contributed by atoms with Crippen molar-refractivity contribution in [2.75, 3.05) is 17.7 Å². The van der Waals surface area contributed by atoms with Crippen LogP contribution >= 0.6 is 11.6 Å². The fourth-order valence-electron chi connectivity index (χ4n) is 2.41. The highest BCUT2D eigenvalue weighted by molar-refractivity contribution is 6.31. The Kier molecular flexibility index (Phi) is 4.71. The number of nitrogens with one attached hydrogen (secondary N) is 2. The van der Waals surface area contributed by atoms with E-state index in [-0.39, 0.29) is 6.04 Å². The summed E-state index contributed by atoms with van der Waals surface area (Å²) in [6, 6.07) is 13.5. The SMILES string of the molecule is COc1ccc(Cl)cc1Nc1nc(NC(C)C)c2ccccc2n1. The lowest BCUT2D eigenvalue weighted by molar-refractivity contribution is 0.417. The number of aromatic nitrogens is 2. The topological polar surface area (TPSA) is 59.1 Å². The van der Waals surface area contributed by atoms with Crippen LogP contribution in [-0.4, -0.2) is 23.1 Å². The summed E-state index contributed by atoms with van der Waals surface area (Å²) < 4.78 is 5.36. The lowest BCUT2D eigenvalue weighted by Gasteiger charge is -2.15. The second-order valence-corrected chi connectivity index (χ2v) is 6.12. The largest absolute Gasteiger partial charge is 0.495 e. The molecule has 0 unspecified atom stereocenters. The summed E-state index contributed by atoms with van der Waals surface area (Å²) in [5, 5.41) is 8.16. The van der Waals surface area contributed by atoms with E-state index in [1.807, 2.05) is 24.3 Å². The molecule has 3 aromatic rings. The molecule has 0 aliphatic rings. The highest BCUT2D eigenvalue weighted by atomic mass is 35.5. The van der Waals surface area contributed by atoms with Crippen molar-refractivity contribution in [3.8, 4) is 5.75 Å². The number of ether oxygens (including phenoxy) is 1. The maximum absolute atomic E-state index is 6.09. The molecule has 0 saturated heterocycles. The molecule has 6 heteroatoms. The predicted octanol–water partition coefficient (Wildman–Crippen LogP) is 4.86. The summed E-state index contributed by atoms with van der Waals surface area (Å²) in [7, 11) is 1.61. The zero-order valence-electron chi connectivity index (χ0n) is 13.8. The minimum absolute atomic E-state index is 0.261. The Balaban J connectivity index is 2.05. The van der Waals surface area contributed by atoms with Gasteiger partial charge < -0.3 is 15.4 Å². The number of hydrogen-bond acceptors (Lipinski definition) is 5. The van der Waals surface area contributed by atoms with Crippen LogP contribution in [0.25, 0.3) is 10.9 Å². The van der Waals surface area contributed by atoms with E-state index in [0.29, 0.717) is 16.7 Å². The lowest BCUT2D eigenvalue weighted by atomic mass is 10.2. The van der Waals surface area contributed by atoms with Gasteiger partial charge >= 0.3 is 0 Å². The number of benzene rings is 2. The molecule has 0 spiro atoms. The van der Waals surface area contributed by atoms with E-state index >= 15 is 0 Å². The van der Waals surface area contributed by atoms with E-state index in [9.17, 15) is 0 Å². The van der Waals surface area contributed by atoms with Crippen molar-refractivity contribution in [3.05, 3.63) is 47.5 Å². The molecule has 0 bridgehead atoms. The first-order chi connectivity index (χ1) is 11.6. The second-order valence-electron chi connectivity index (χ2n) is 5.68. The Bertz CT molecular complexity index is 867. The van der Waals surface area contributed by atoms with Crippen molar-refractivity contribution in [1.29, 1.82) is 0 Å². The summed E-state index contributed by atoms with van der Waals surface area (Å²) in [4.78, 5) is 9.19. The van der Waals surface area contributed by atoms with Crippen LogP contribution in [0.3, 0.4) is 0 Å². The van der Waals surface area contributed by atoms with Crippen molar-refractivity contribution < 1.29 is 4.74 Å². The molecular weight excluding hydrogens is 324 g/mol. The zero-order chi connectivity index (χ0) is 17.1. The predicted molar refractivity (Wildman–Crippen MR) is 99.6 cm³/mol. The average Bonchev–Trinajstić information content (AvgIpc) is 2.54. The van der Waals surface area contributed by atoms with Gasteiger partial charge in [-0.15, -0.1) is 0 Å². The highest BCUT2D eigenvalue weighted by Gasteiger charge is 2.11. The van der Waals surface area contributed by atoms with Gasteiger partial charge in [0, 0.05) is 16.5 Å². The summed E-state index contributed by atoms with van der Waals surface area (Å²) >= 11 is 6.09. The van der Waals surface area contributed by atoms with E-state index in [0.717, 1.165) is 22.4 Å². The molecule has 0 amide bonds. The van der Waals surface area contributed by atoms with Gasteiger partial charge in [-0.25, -0.2) is 4.98 Å². The van der Waals surface area contributed by atoms with E-state index < -0.39 is 0 Å². The number of anilines is 3. The van der Waals surface area contributed by atoms with Gasteiger partial charge in [0.15, 0.2) is 0 Å². The normalized spacial score (nSPS) is 10.9. The third kappa shape index (κ3) is 3.51. The smallest absolute Gasteiger partial charge is 0.229 e. The number of fused-ring (bicyclic) bond motifs is 1. The third-order valence-electron chi connectivity index (χ3n) is 3.44. The summed E-state index contributed by atoms with van der Waals surface area (Å²) in [6.45, 7) is 4.15. The Labute approximate surface area is 146 Å². The van der Waals surface area contributed by atoms with Crippen LogP contribution in [-0.2, 0) is 0 Å². The molecule has 0 saturated carbocycles. The number of methoxy groups -OCH3 is 1. The van der Waals surface area contributed by atoms with Crippen molar-refractivity contribution in [2.45, 2.75) is 19.9 Å². The van der Waals surface area contributed by atoms with Gasteiger partial charge in [-0.05, 0) is 44.2 Å². The minimum Gasteiger partial charge on any atom is -0.495 e. The first-order valence-electron chi connectivity index (χ1n) is 7.70. The van der Waals surface area contributed by atoms with Crippen molar-refractivity contribution >= 4 is 40.0 Å². The van der Waals surface area contributed by atoms with Crippen LogP contribution in [0.15, 0.2) is 42.5 Å². The minimum atomic E-state index is 0.261. The van der Waals surface area contributed by atoms with Crippen LogP contribution in [0, 0.1) is 0 Å². The second kappa shape index (κ2) is 6.93. The van der Waals surface area contributed by atoms with Crippen LogP contribution in [0.1, 0.15) is 13.8 Å². The molecule has 124 valence electrons. The van der Waals surface area contributed by atoms with Crippen molar-refractivity contribution in [3.63, 3.8) is 0 Å². The Morgan fingerprint density at radius 3 is 2.62 bits per heavy atom. The Morgan fingerprint density at radius 2 is 1.88 bits per heavy atom. The van der Waals surface area contributed by atoms with Crippen LogP contribution in [0.5, 0.6) is 5.75 Å². The Morgan fingerprint density at radius 1 is 1.08 bits per heavy atom. The van der Waals surface area contributed by atoms with Crippen LogP contribution in [0.2, 0.25) is 5.02 Å². The average molecular weight is 343 g/mol. The maximum atomic E-state index is 6.09. The quantitative estimate of drug-likeness (QED) is 0.693. The van der Waals surface area contributed by atoms with Gasteiger partial charge in [0.1, 0.15) is 11.6 Å². The van der Waals surface area contributed by atoms with E-state index in [1.165, 1.54) is 0 Å². The van der Waals surface area contributed by atoms with Gasteiger partial charge in [0.05, 0.1) is 18.3 Å². The molecule has 3 rings (SSSR count). The number of rotatable bonds is 5. The molecular formula is C18H19ClN4O. The van der Waals surface area contributed by atoms with Gasteiger partial charge in [0.25, 0.3) is 0 Å². The molecule has 1 heterocycles. The number of para-hydroxylation sites is 1. The maximum Gasteiger partial charge on any atom is 0.229 e. The standard InChI is InChI=1S/C18H19ClN4O/c1-11(2)20-17-13-6-4-5-7-14(13)21-18(23-17)22-15-10-12(19)8-9-16(15)24-3/h4-11H,1-3H3,(H2,20,21,22,23). The third-order valence-corrected chi connectivity index (χ3v) is 3.67. The molecule has 0 radical (unpaired) electrons. The molecule has 1 aromatic heterocycles. The highest BCUT2D eigenvalue weighted by Crippen LogP contribution is 2.31. The zero-order valence-corrected chi connectivity index (χ0v) is 14.6. The molecule has 0 aliphatic heterocycles. The van der Waals surface area contributed by atoms with Gasteiger partial charge in [-0.1, -0.05) is 23.7 Å². The van der Waals surface area contributed by atoms with Gasteiger partial charge in [0.2, 0.25) is 5.95 Å². The molecule has 0 fully saturated rings. The van der Waals surface area contributed by atoms with Gasteiger partial charge in [-0.3, -0.25) is 0 Å². The first kappa shape index (κ1) is 16.3. The van der Waals surface area contributed by atoms with Crippen molar-refractivity contribution in [1.82, 2.24) is 9.97 Å². The first-order valence-corrected chi connectivity index (χ1v) is 8.08. The molecule has 24 heavy (non-hydrogen) atoms. The molecule has 2 aromatic carbocycles. The Hall–Kier alpha value is -2.53. The summed E-state index contributed by atoms with van der Waals surface area (Å²) in [5.74, 6) is 1.95. The molecule has 2 N–H and O–H groups in total.